The van der Waals surface area contributed by atoms with Crippen LogP contribution in [0.3, 0.4) is 0 Å². The van der Waals surface area contributed by atoms with E-state index >= 15 is 0 Å². The summed E-state index contributed by atoms with van der Waals surface area (Å²) in [6, 6.07) is 5.51. The van der Waals surface area contributed by atoms with Crippen LogP contribution in [0.2, 0.25) is 0 Å². The molecular formula is C9H9NaO4S. The van der Waals surface area contributed by atoms with Crippen molar-refractivity contribution in [3.8, 4) is 0 Å². The van der Waals surface area contributed by atoms with Crippen LogP contribution in [0.25, 0.3) is 6.08 Å². The average molecular weight is 236 g/mol. The average Bonchev–Trinajstić information content (AvgIpc) is 2.14. The van der Waals surface area contributed by atoms with E-state index in [2.05, 4.69) is 0 Å². The molecule has 0 aliphatic rings. The second-order valence-corrected chi connectivity index (χ2v) is 3.96. The third-order valence-corrected chi connectivity index (χ3v) is 2.41. The molecule has 0 saturated heterocycles. The number of allylic oxidation sites excluding steroid dienone is 1. The van der Waals surface area contributed by atoms with Crippen LogP contribution >= 0.6 is 0 Å². The molecule has 1 aromatic rings. The number of benzene rings is 1. The van der Waals surface area contributed by atoms with Gasteiger partial charge in [-0.25, -0.2) is 0 Å². The first kappa shape index (κ1) is 14.5. The summed E-state index contributed by atoms with van der Waals surface area (Å²) in [7, 11) is -4.13. The SMILES string of the molecule is O=CC=Cc1ccc(S(=O)(=O)O)cc1.[H-].[Na+]. The van der Waals surface area contributed by atoms with E-state index in [0.29, 0.717) is 11.8 Å². The Balaban J connectivity index is 0. The molecule has 0 aliphatic heterocycles. The Labute approximate surface area is 112 Å². The molecule has 0 spiro atoms. The van der Waals surface area contributed by atoms with Gasteiger partial charge in [-0.2, -0.15) is 8.42 Å². The van der Waals surface area contributed by atoms with Crippen LogP contribution < -0.4 is 29.6 Å². The molecule has 0 fully saturated rings. The summed E-state index contributed by atoms with van der Waals surface area (Å²) < 4.78 is 29.9. The van der Waals surface area contributed by atoms with Crippen molar-refractivity contribution < 1.29 is 48.7 Å². The fourth-order valence-electron chi connectivity index (χ4n) is 0.901. The first-order valence-corrected chi connectivity index (χ1v) is 5.17. The minimum absolute atomic E-state index is 0. The van der Waals surface area contributed by atoms with Crippen LogP contribution in [-0.2, 0) is 14.9 Å². The predicted octanol–water partition coefficient (Wildman–Crippen LogP) is -1.74. The van der Waals surface area contributed by atoms with Gasteiger partial charge >= 0.3 is 29.6 Å². The van der Waals surface area contributed by atoms with Crippen LogP contribution in [0.4, 0.5) is 0 Å². The van der Waals surface area contributed by atoms with Gasteiger partial charge in [0, 0.05) is 0 Å². The fraction of sp³-hybridized carbons (Fsp3) is 0. The molecule has 0 unspecified atom stereocenters. The molecule has 0 heterocycles. The molecule has 1 aromatic carbocycles. The molecule has 0 bridgehead atoms. The standard InChI is InChI=1S/C9H8O4S.Na.H/c10-7-1-2-8-3-5-9(6-4-8)14(11,12)13;;/h1-7H,(H,11,12,13);;/q;+1;-1. The summed E-state index contributed by atoms with van der Waals surface area (Å²) in [6.45, 7) is 0. The van der Waals surface area contributed by atoms with Gasteiger partial charge in [0.05, 0.1) is 4.90 Å². The second-order valence-electron chi connectivity index (χ2n) is 2.54. The normalized spacial score (nSPS) is 11.0. The number of hydrogen-bond acceptors (Lipinski definition) is 3. The molecule has 76 valence electrons. The summed E-state index contributed by atoms with van der Waals surface area (Å²) in [4.78, 5) is 9.82. The summed E-state index contributed by atoms with van der Waals surface area (Å²) in [5.41, 5.74) is 0.685. The zero-order chi connectivity index (χ0) is 10.6. The molecule has 1 N–H and O–H groups in total. The molecule has 0 saturated carbocycles. The molecule has 0 atom stereocenters. The molecule has 0 aromatic heterocycles. The molecule has 4 nitrogen and oxygen atoms in total. The van der Waals surface area contributed by atoms with Crippen LogP contribution in [0.1, 0.15) is 6.99 Å². The van der Waals surface area contributed by atoms with Gasteiger partial charge < -0.3 is 1.43 Å². The molecule has 6 heteroatoms. The molecule has 0 amide bonds. The topological polar surface area (TPSA) is 71.4 Å². The van der Waals surface area contributed by atoms with Gasteiger partial charge in [0.25, 0.3) is 10.1 Å². The quantitative estimate of drug-likeness (QED) is 0.293. The number of hydrogen-bond donors (Lipinski definition) is 1. The van der Waals surface area contributed by atoms with E-state index in [1.54, 1.807) is 0 Å². The largest absolute Gasteiger partial charge is 1.00 e. The third kappa shape index (κ3) is 4.72. The van der Waals surface area contributed by atoms with E-state index in [0.717, 1.165) is 0 Å². The smallest absolute Gasteiger partial charge is 1.00 e. The first-order chi connectivity index (χ1) is 6.54. The van der Waals surface area contributed by atoms with Gasteiger partial charge in [0.2, 0.25) is 0 Å². The summed E-state index contributed by atoms with van der Waals surface area (Å²) >= 11 is 0. The van der Waals surface area contributed by atoms with Crippen molar-refractivity contribution in [3.05, 3.63) is 35.9 Å². The van der Waals surface area contributed by atoms with Crippen molar-refractivity contribution in [3.63, 3.8) is 0 Å². The van der Waals surface area contributed by atoms with E-state index in [-0.39, 0.29) is 35.9 Å². The Morgan fingerprint density at radius 3 is 2.13 bits per heavy atom. The van der Waals surface area contributed by atoms with Crippen molar-refractivity contribution in [1.82, 2.24) is 0 Å². The van der Waals surface area contributed by atoms with Crippen molar-refractivity contribution >= 4 is 22.5 Å². The zero-order valence-electron chi connectivity index (χ0n) is 9.12. The van der Waals surface area contributed by atoms with E-state index in [9.17, 15) is 13.2 Å². The molecule has 1 rings (SSSR count). The Morgan fingerprint density at radius 2 is 1.73 bits per heavy atom. The van der Waals surface area contributed by atoms with Gasteiger partial charge in [-0.1, -0.05) is 18.2 Å². The van der Waals surface area contributed by atoms with Crippen LogP contribution in [-0.4, -0.2) is 19.3 Å². The Morgan fingerprint density at radius 1 is 1.20 bits per heavy atom. The summed E-state index contributed by atoms with van der Waals surface area (Å²) in [6.07, 6.45) is 3.44. The molecule has 0 radical (unpaired) electrons. The predicted molar refractivity (Wildman–Crippen MR) is 52.5 cm³/mol. The monoisotopic (exact) mass is 236 g/mol. The maximum Gasteiger partial charge on any atom is 1.00 e. The number of carbonyl (C=O) groups is 1. The van der Waals surface area contributed by atoms with Gasteiger partial charge in [0.1, 0.15) is 6.29 Å². The molecule has 15 heavy (non-hydrogen) atoms. The van der Waals surface area contributed by atoms with Crippen LogP contribution in [0, 0.1) is 0 Å². The van der Waals surface area contributed by atoms with E-state index < -0.39 is 10.1 Å². The zero-order valence-corrected chi connectivity index (χ0v) is 10.9. The van der Waals surface area contributed by atoms with E-state index in [1.165, 1.54) is 36.4 Å². The fourth-order valence-corrected chi connectivity index (χ4v) is 1.38. The molecule has 0 aliphatic carbocycles. The van der Waals surface area contributed by atoms with Gasteiger partial charge in [-0.05, 0) is 23.8 Å². The van der Waals surface area contributed by atoms with Gasteiger partial charge in [-0.3, -0.25) is 9.35 Å². The minimum atomic E-state index is -4.13. The second kappa shape index (κ2) is 6.19. The van der Waals surface area contributed by atoms with Crippen molar-refractivity contribution in [2.75, 3.05) is 0 Å². The van der Waals surface area contributed by atoms with Crippen molar-refractivity contribution in [1.29, 1.82) is 0 Å². The summed E-state index contributed by atoms with van der Waals surface area (Å²) in [5, 5.41) is 0. The number of aldehydes is 1. The van der Waals surface area contributed by atoms with Gasteiger partial charge in [-0.15, -0.1) is 0 Å². The third-order valence-electron chi connectivity index (χ3n) is 1.55. The Kier molecular flexibility index (Phi) is 6.00. The Hall–Kier alpha value is -0.460. The summed E-state index contributed by atoms with van der Waals surface area (Å²) in [5.74, 6) is 0. The maximum absolute atomic E-state index is 10.6. The van der Waals surface area contributed by atoms with Crippen molar-refractivity contribution in [2.45, 2.75) is 4.90 Å². The number of rotatable bonds is 3. The Bertz CT molecular complexity index is 453. The van der Waals surface area contributed by atoms with E-state index in [1.807, 2.05) is 0 Å². The first-order valence-electron chi connectivity index (χ1n) is 3.73. The van der Waals surface area contributed by atoms with Crippen LogP contribution in [0.5, 0.6) is 0 Å². The van der Waals surface area contributed by atoms with Crippen LogP contribution in [0.15, 0.2) is 35.2 Å². The molecular weight excluding hydrogens is 227 g/mol. The maximum atomic E-state index is 10.6. The number of carbonyl (C=O) groups excluding carboxylic acids is 1. The minimum Gasteiger partial charge on any atom is -1.00 e. The van der Waals surface area contributed by atoms with Gasteiger partial charge in [0.15, 0.2) is 0 Å². The van der Waals surface area contributed by atoms with E-state index in [4.69, 9.17) is 4.55 Å². The van der Waals surface area contributed by atoms with Crippen molar-refractivity contribution in [2.24, 2.45) is 0 Å².